The Morgan fingerprint density at radius 3 is 1.59 bits per heavy atom. The molecule has 3 aromatic carbocycles. The van der Waals surface area contributed by atoms with Crippen LogP contribution in [-0.2, 0) is 0 Å². The molecular weight excluding hydrogens is 352 g/mol. The molecule has 0 unspecified atom stereocenters. The Kier molecular flexibility index (Phi) is 4.77. The summed E-state index contributed by atoms with van der Waals surface area (Å²) >= 11 is 5.72. The molecule has 3 aromatic rings. The lowest BCUT2D eigenvalue weighted by Gasteiger charge is -2.17. The Bertz CT molecular complexity index is 998. The third-order valence-electron chi connectivity index (χ3n) is 4.20. The highest BCUT2D eigenvalue weighted by Gasteiger charge is 2.36. The predicted octanol–water partition coefficient (Wildman–Crippen LogP) is 5.18. The van der Waals surface area contributed by atoms with E-state index < -0.39 is 0 Å². The zero-order valence-corrected chi connectivity index (χ0v) is 15.7. The van der Waals surface area contributed by atoms with E-state index in [0.717, 1.165) is 22.9 Å². The summed E-state index contributed by atoms with van der Waals surface area (Å²) in [5, 5.41) is 0.644. The summed E-state index contributed by atoms with van der Waals surface area (Å²) < 4.78 is 0. The SMILES string of the molecule is CN1C(=S)N(c2ccccc2)C(=N/c2ccccc2)/C1=N/c1ccccc1. The Morgan fingerprint density at radius 1 is 0.630 bits per heavy atom. The van der Waals surface area contributed by atoms with Gasteiger partial charge in [-0.2, -0.15) is 0 Å². The van der Waals surface area contributed by atoms with Gasteiger partial charge in [-0.25, -0.2) is 9.98 Å². The lowest BCUT2D eigenvalue weighted by molar-refractivity contribution is 0.786. The number of nitrogens with zero attached hydrogens (tertiary/aromatic N) is 4. The van der Waals surface area contributed by atoms with Gasteiger partial charge in [0, 0.05) is 12.7 Å². The van der Waals surface area contributed by atoms with Crippen LogP contribution in [0, 0.1) is 0 Å². The molecule has 0 saturated carbocycles. The molecular formula is C22H18N4S. The number of hydrogen-bond acceptors (Lipinski definition) is 3. The number of rotatable bonds is 3. The first kappa shape index (κ1) is 17.1. The minimum Gasteiger partial charge on any atom is -0.303 e. The van der Waals surface area contributed by atoms with Crippen LogP contribution >= 0.6 is 12.2 Å². The van der Waals surface area contributed by atoms with E-state index in [1.54, 1.807) is 0 Å². The quantitative estimate of drug-likeness (QED) is 0.595. The Labute approximate surface area is 164 Å². The van der Waals surface area contributed by atoms with Crippen molar-refractivity contribution in [1.82, 2.24) is 4.90 Å². The van der Waals surface area contributed by atoms with Crippen molar-refractivity contribution < 1.29 is 0 Å². The number of para-hydroxylation sites is 3. The predicted molar refractivity (Wildman–Crippen MR) is 116 cm³/mol. The van der Waals surface area contributed by atoms with Crippen molar-refractivity contribution in [2.45, 2.75) is 0 Å². The van der Waals surface area contributed by atoms with Crippen LogP contribution in [0.4, 0.5) is 17.1 Å². The van der Waals surface area contributed by atoms with Crippen molar-refractivity contribution in [1.29, 1.82) is 0 Å². The van der Waals surface area contributed by atoms with Crippen LogP contribution in [0.15, 0.2) is 101 Å². The van der Waals surface area contributed by atoms with Crippen LogP contribution in [-0.4, -0.2) is 28.7 Å². The summed E-state index contributed by atoms with van der Waals surface area (Å²) in [7, 11) is 1.92. The van der Waals surface area contributed by atoms with Gasteiger partial charge in [-0.15, -0.1) is 0 Å². The molecule has 0 bridgehead atoms. The lowest BCUT2D eigenvalue weighted by atomic mass is 10.3. The van der Waals surface area contributed by atoms with Gasteiger partial charge in [0.05, 0.1) is 11.4 Å². The van der Waals surface area contributed by atoms with Crippen LogP contribution in [0.2, 0.25) is 0 Å². The third-order valence-corrected chi connectivity index (χ3v) is 4.66. The summed E-state index contributed by atoms with van der Waals surface area (Å²) in [6, 6.07) is 29.7. The topological polar surface area (TPSA) is 31.2 Å². The van der Waals surface area contributed by atoms with Crippen molar-refractivity contribution in [3.63, 3.8) is 0 Å². The fourth-order valence-electron chi connectivity index (χ4n) is 2.87. The molecule has 0 atom stereocenters. The van der Waals surface area contributed by atoms with Gasteiger partial charge >= 0.3 is 0 Å². The Morgan fingerprint density at radius 2 is 1.07 bits per heavy atom. The average molecular weight is 370 g/mol. The highest BCUT2D eigenvalue weighted by molar-refractivity contribution is 7.80. The van der Waals surface area contributed by atoms with E-state index in [4.69, 9.17) is 22.2 Å². The normalized spacial score (nSPS) is 17.1. The molecule has 1 aliphatic heterocycles. The first-order chi connectivity index (χ1) is 13.2. The monoisotopic (exact) mass is 370 g/mol. The van der Waals surface area contributed by atoms with E-state index >= 15 is 0 Å². The van der Waals surface area contributed by atoms with Crippen LogP contribution < -0.4 is 4.90 Å². The summed E-state index contributed by atoms with van der Waals surface area (Å²) in [4.78, 5) is 13.6. The van der Waals surface area contributed by atoms with Crippen LogP contribution in [0.1, 0.15) is 0 Å². The molecule has 1 fully saturated rings. The number of aliphatic imine (C=N–C) groups is 2. The van der Waals surface area contributed by atoms with E-state index in [1.807, 2.05) is 108 Å². The maximum absolute atomic E-state index is 5.72. The number of anilines is 1. The molecule has 0 radical (unpaired) electrons. The third kappa shape index (κ3) is 3.50. The molecule has 1 saturated heterocycles. The maximum atomic E-state index is 5.72. The second-order valence-corrected chi connectivity index (χ2v) is 6.42. The molecule has 0 amide bonds. The first-order valence-electron chi connectivity index (χ1n) is 8.65. The second-order valence-electron chi connectivity index (χ2n) is 6.05. The number of thiocarbonyl (C=S) groups is 1. The summed E-state index contributed by atoms with van der Waals surface area (Å²) in [5.41, 5.74) is 2.67. The van der Waals surface area contributed by atoms with Gasteiger partial charge in [-0.3, -0.25) is 4.90 Å². The number of benzene rings is 3. The van der Waals surface area contributed by atoms with Gasteiger partial charge in [0.2, 0.25) is 0 Å². The molecule has 4 nitrogen and oxygen atoms in total. The van der Waals surface area contributed by atoms with Gasteiger partial charge in [-0.05, 0) is 48.6 Å². The molecule has 0 N–H and O–H groups in total. The summed E-state index contributed by atoms with van der Waals surface area (Å²) in [5.74, 6) is 1.43. The molecule has 1 aliphatic rings. The first-order valence-corrected chi connectivity index (χ1v) is 9.05. The molecule has 4 rings (SSSR count). The Balaban J connectivity index is 1.88. The van der Waals surface area contributed by atoms with Crippen LogP contribution in [0.3, 0.4) is 0 Å². The van der Waals surface area contributed by atoms with Crippen LogP contribution in [0.5, 0.6) is 0 Å². The highest BCUT2D eigenvalue weighted by atomic mass is 32.1. The fourth-order valence-corrected chi connectivity index (χ4v) is 3.14. The lowest BCUT2D eigenvalue weighted by Crippen LogP contribution is -2.31. The van der Waals surface area contributed by atoms with E-state index in [1.165, 1.54) is 0 Å². The Hall–Kier alpha value is -3.31. The molecule has 132 valence electrons. The molecule has 0 aliphatic carbocycles. The average Bonchev–Trinajstić information content (AvgIpc) is 2.95. The number of amidine groups is 2. The standard InChI is InChI=1S/C22H18N4S/c1-25-20(23-17-11-5-2-6-12-17)21(24-18-13-7-3-8-14-18)26(22(25)27)19-15-9-4-10-16-19/h2-16H,1H3/b23-20-,24-21+. The largest absolute Gasteiger partial charge is 0.303 e. The highest BCUT2D eigenvalue weighted by Crippen LogP contribution is 2.26. The van der Waals surface area contributed by atoms with E-state index in [2.05, 4.69) is 0 Å². The molecule has 1 heterocycles. The summed E-state index contributed by atoms with van der Waals surface area (Å²) in [6.45, 7) is 0. The van der Waals surface area contributed by atoms with Crippen LogP contribution in [0.25, 0.3) is 0 Å². The van der Waals surface area contributed by atoms with E-state index in [0.29, 0.717) is 10.9 Å². The van der Waals surface area contributed by atoms with Gasteiger partial charge in [0.15, 0.2) is 16.8 Å². The molecule has 27 heavy (non-hydrogen) atoms. The van der Waals surface area contributed by atoms with Crippen molar-refractivity contribution in [3.8, 4) is 0 Å². The zero-order chi connectivity index (χ0) is 18.6. The van der Waals surface area contributed by atoms with Crippen molar-refractivity contribution in [3.05, 3.63) is 91.0 Å². The van der Waals surface area contributed by atoms with Crippen molar-refractivity contribution in [2.24, 2.45) is 9.98 Å². The minimum atomic E-state index is 0.644. The van der Waals surface area contributed by atoms with Gasteiger partial charge in [0.1, 0.15) is 0 Å². The summed E-state index contributed by atoms with van der Waals surface area (Å²) in [6.07, 6.45) is 0. The van der Waals surface area contributed by atoms with Gasteiger partial charge < -0.3 is 4.90 Å². The number of likely N-dealkylation sites (N-methyl/N-ethyl adjacent to an activating group) is 1. The van der Waals surface area contributed by atoms with E-state index in [-0.39, 0.29) is 0 Å². The zero-order valence-electron chi connectivity index (χ0n) is 14.9. The fraction of sp³-hybridized carbons (Fsp3) is 0.0455. The second kappa shape index (κ2) is 7.51. The van der Waals surface area contributed by atoms with Gasteiger partial charge in [-0.1, -0.05) is 54.6 Å². The van der Waals surface area contributed by atoms with Gasteiger partial charge in [0.25, 0.3) is 0 Å². The maximum Gasteiger partial charge on any atom is 0.187 e. The van der Waals surface area contributed by atoms with E-state index in [9.17, 15) is 0 Å². The molecule has 0 spiro atoms. The smallest absolute Gasteiger partial charge is 0.187 e. The molecule has 0 aromatic heterocycles. The number of hydrogen-bond donors (Lipinski definition) is 0. The minimum absolute atomic E-state index is 0.644. The van der Waals surface area contributed by atoms with Crippen molar-refractivity contribution in [2.75, 3.05) is 11.9 Å². The van der Waals surface area contributed by atoms with Crippen molar-refractivity contribution >= 4 is 46.1 Å². The molecule has 5 heteroatoms.